The van der Waals surface area contributed by atoms with E-state index in [1.807, 2.05) is 13.8 Å². The Bertz CT molecular complexity index is 442. The van der Waals surface area contributed by atoms with Crippen LogP contribution < -0.4 is 5.32 Å². The van der Waals surface area contributed by atoms with E-state index in [-0.39, 0.29) is 12.0 Å². The molecule has 100 valence electrons. The van der Waals surface area contributed by atoms with Crippen LogP contribution in [0.2, 0.25) is 0 Å². The molecule has 1 rings (SSSR count). The third kappa shape index (κ3) is 3.49. The van der Waals surface area contributed by atoms with Crippen LogP contribution in [0.15, 0.2) is 0 Å². The van der Waals surface area contributed by atoms with Gasteiger partial charge in [0.05, 0.1) is 6.61 Å². The third-order valence-electron chi connectivity index (χ3n) is 2.57. The smallest absolute Gasteiger partial charge is 0.397 e. The average molecular weight is 271 g/mol. The number of carbonyl (C=O) groups excluding carboxylic acids is 2. The quantitative estimate of drug-likeness (QED) is 0.666. The molecule has 0 saturated carbocycles. The first-order chi connectivity index (χ1) is 8.40. The van der Waals surface area contributed by atoms with E-state index in [2.05, 4.69) is 27.2 Å². The molecule has 0 bridgehead atoms. The maximum atomic E-state index is 11.4. The summed E-state index contributed by atoms with van der Waals surface area (Å²) in [4.78, 5) is 22.5. The van der Waals surface area contributed by atoms with Gasteiger partial charge in [-0.05, 0) is 13.3 Å². The first-order valence-corrected chi connectivity index (χ1v) is 6.54. The molecule has 6 nitrogen and oxygen atoms in total. The van der Waals surface area contributed by atoms with Crippen molar-refractivity contribution in [1.82, 2.24) is 10.2 Å². The van der Waals surface area contributed by atoms with Crippen molar-refractivity contribution in [2.24, 2.45) is 0 Å². The van der Waals surface area contributed by atoms with Crippen molar-refractivity contribution in [2.45, 2.75) is 39.5 Å². The summed E-state index contributed by atoms with van der Waals surface area (Å²) in [5, 5.41) is 11.4. The van der Waals surface area contributed by atoms with E-state index in [1.54, 1.807) is 6.92 Å². The maximum Gasteiger partial charge on any atom is 0.397 e. The Hall–Kier alpha value is -1.50. The lowest BCUT2D eigenvalue weighted by molar-refractivity contribution is -0.152. The normalized spacial score (nSPS) is 11.1. The lowest BCUT2D eigenvalue weighted by atomic mass is 9.91. The van der Waals surface area contributed by atoms with Crippen LogP contribution >= 0.6 is 11.3 Å². The fraction of sp³-hybridized carbons (Fsp3) is 0.636. The Morgan fingerprint density at radius 2 is 2.00 bits per heavy atom. The first-order valence-electron chi connectivity index (χ1n) is 5.72. The zero-order chi connectivity index (χ0) is 13.8. The van der Waals surface area contributed by atoms with E-state index in [4.69, 9.17) is 0 Å². The van der Waals surface area contributed by atoms with Crippen LogP contribution in [0.5, 0.6) is 0 Å². The second-order valence-electron chi connectivity index (χ2n) is 4.32. The fourth-order valence-corrected chi connectivity index (χ4v) is 1.95. The van der Waals surface area contributed by atoms with E-state index in [1.165, 1.54) is 11.3 Å². The van der Waals surface area contributed by atoms with Gasteiger partial charge < -0.3 is 4.74 Å². The van der Waals surface area contributed by atoms with Gasteiger partial charge in [0, 0.05) is 5.41 Å². The molecular formula is C11H17N3O3S. The summed E-state index contributed by atoms with van der Waals surface area (Å²) in [7, 11) is 0. The van der Waals surface area contributed by atoms with Gasteiger partial charge in [-0.3, -0.25) is 10.1 Å². The van der Waals surface area contributed by atoms with Crippen LogP contribution in [0, 0.1) is 0 Å². The summed E-state index contributed by atoms with van der Waals surface area (Å²) in [5.74, 6) is -1.74. The van der Waals surface area contributed by atoms with Crippen LogP contribution in [0.3, 0.4) is 0 Å². The molecule has 0 aliphatic heterocycles. The molecule has 0 spiro atoms. The molecule has 0 saturated heterocycles. The monoisotopic (exact) mass is 271 g/mol. The summed E-state index contributed by atoms with van der Waals surface area (Å²) >= 11 is 1.27. The highest BCUT2D eigenvalue weighted by atomic mass is 32.1. The molecule has 0 aliphatic rings. The van der Waals surface area contributed by atoms with Crippen molar-refractivity contribution >= 4 is 28.3 Å². The number of esters is 1. The molecule has 0 unspecified atom stereocenters. The third-order valence-corrected chi connectivity index (χ3v) is 3.77. The van der Waals surface area contributed by atoms with Crippen molar-refractivity contribution in [3.63, 3.8) is 0 Å². The van der Waals surface area contributed by atoms with Crippen molar-refractivity contribution in [1.29, 1.82) is 0 Å². The molecule has 0 radical (unpaired) electrons. The van der Waals surface area contributed by atoms with Gasteiger partial charge in [0.1, 0.15) is 5.01 Å². The van der Waals surface area contributed by atoms with Crippen LogP contribution in [0.25, 0.3) is 0 Å². The number of hydrogen-bond donors (Lipinski definition) is 1. The number of rotatable bonds is 4. The number of ether oxygens (including phenoxy) is 1. The minimum absolute atomic E-state index is 0.0927. The van der Waals surface area contributed by atoms with Crippen molar-refractivity contribution in [2.75, 3.05) is 11.9 Å². The molecule has 7 heteroatoms. The van der Waals surface area contributed by atoms with E-state index in [0.717, 1.165) is 11.4 Å². The van der Waals surface area contributed by atoms with E-state index in [9.17, 15) is 9.59 Å². The zero-order valence-electron chi connectivity index (χ0n) is 10.9. The molecule has 0 atom stereocenters. The maximum absolute atomic E-state index is 11.4. The molecule has 1 aromatic heterocycles. The van der Waals surface area contributed by atoms with Crippen molar-refractivity contribution in [3.8, 4) is 0 Å². The van der Waals surface area contributed by atoms with Crippen LogP contribution in [-0.4, -0.2) is 28.7 Å². The highest BCUT2D eigenvalue weighted by Crippen LogP contribution is 2.30. The summed E-state index contributed by atoms with van der Waals surface area (Å²) in [6, 6.07) is 0. The van der Waals surface area contributed by atoms with Gasteiger partial charge in [-0.25, -0.2) is 4.79 Å². The van der Waals surface area contributed by atoms with E-state index < -0.39 is 11.9 Å². The number of nitrogens with zero attached hydrogens (tertiary/aromatic N) is 2. The zero-order valence-corrected chi connectivity index (χ0v) is 11.8. The summed E-state index contributed by atoms with van der Waals surface area (Å²) < 4.78 is 4.58. The van der Waals surface area contributed by atoms with Gasteiger partial charge >= 0.3 is 11.9 Å². The fourth-order valence-electron chi connectivity index (χ4n) is 1.04. The van der Waals surface area contributed by atoms with Gasteiger partial charge in [0.15, 0.2) is 0 Å². The molecule has 0 aromatic carbocycles. The highest BCUT2D eigenvalue weighted by molar-refractivity contribution is 7.15. The predicted octanol–water partition coefficient (Wildman–Crippen LogP) is 1.73. The second kappa shape index (κ2) is 5.90. The van der Waals surface area contributed by atoms with Crippen molar-refractivity contribution in [3.05, 3.63) is 5.01 Å². The Morgan fingerprint density at radius 3 is 2.56 bits per heavy atom. The van der Waals surface area contributed by atoms with Crippen LogP contribution in [-0.2, 0) is 19.7 Å². The van der Waals surface area contributed by atoms with Gasteiger partial charge in [-0.15, -0.1) is 10.2 Å². The molecule has 1 N–H and O–H groups in total. The Labute approximate surface area is 110 Å². The van der Waals surface area contributed by atoms with Crippen molar-refractivity contribution < 1.29 is 14.3 Å². The first kappa shape index (κ1) is 14.6. The lowest BCUT2D eigenvalue weighted by Gasteiger charge is -2.17. The molecule has 18 heavy (non-hydrogen) atoms. The number of amides is 1. The Kier molecular flexibility index (Phi) is 4.77. The summed E-state index contributed by atoms with van der Waals surface area (Å²) in [5.41, 5.74) is -0.0927. The SMILES string of the molecule is CCOC(=O)C(=O)Nc1nnc(C(C)(C)CC)s1. The molecule has 0 aliphatic carbocycles. The lowest BCUT2D eigenvalue weighted by Crippen LogP contribution is -2.24. The molecule has 1 amide bonds. The highest BCUT2D eigenvalue weighted by Gasteiger charge is 2.24. The second-order valence-corrected chi connectivity index (χ2v) is 5.30. The van der Waals surface area contributed by atoms with Crippen LogP contribution in [0.1, 0.15) is 39.1 Å². The Morgan fingerprint density at radius 1 is 1.33 bits per heavy atom. The molecule has 1 aromatic rings. The Balaban J connectivity index is 2.70. The van der Waals surface area contributed by atoms with E-state index in [0.29, 0.717) is 5.13 Å². The minimum Gasteiger partial charge on any atom is -0.459 e. The van der Waals surface area contributed by atoms with Gasteiger partial charge in [-0.2, -0.15) is 0 Å². The number of anilines is 1. The van der Waals surface area contributed by atoms with Gasteiger partial charge in [-0.1, -0.05) is 32.1 Å². The summed E-state index contributed by atoms with van der Waals surface area (Å²) in [6.07, 6.45) is 0.910. The minimum atomic E-state index is -0.913. The number of hydrogen-bond acceptors (Lipinski definition) is 6. The van der Waals surface area contributed by atoms with Gasteiger partial charge in [0.2, 0.25) is 5.13 Å². The number of carbonyl (C=O) groups is 2. The summed E-state index contributed by atoms with van der Waals surface area (Å²) in [6.45, 7) is 7.95. The molecule has 1 heterocycles. The average Bonchev–Trinajstić information content (AvgIpc) is 2.78. The van der Waals surface area contributed by atoms with Crippen LogP contribution in [0.4, 0.5) is 5.13 Å². The topological polar surface area (TPSA) is 81.2 Å². The van der Waals surface area contributed by atoms with Gasteiger partial charge in [0.25, 0.3) is 0 Å². The standard InChI is InChI=1S/C11H17N3O3S/c1-5-11(3,4)9-13-14-10(18-9)12-7(15)8(16)17-6-2/h5-6H2,1-4H3,(H,12,14,15). The molecular weight excluding hydrogens is 254 g/mol. The molecule has 0 fully saturated rings. The number of aromatic nitrogens is 2. The van der Waals surface area contributed by atoms with E-state index >= 15 is 0 Å². The predicted molar refractivity (Wildman–Crippen MR) is 68.5 cm³/mol. The largest absolute Gasteiger partial charge is 0.459 e. The number of nitrogens with one attached hydrogen (secondary N) is 1.